The summed E-state index contributed by atoms with van der Waals surface area (Å²) in [7, 11) is 0. The molecule has 1 aromatic carbocycles. The van der Waals surface area contributed by atoms with Gasteiger partial charge in [-0.3, -0.25) is 28.7 Å². The van der Waals surface area contributed by atoms with Crippen molar-refractivity contribution in [2.75, 3.05) is 10.6 Å². The highest BCUT2D eigenvalue weighted by atomic mass is 16.2. The van der Waals surface area contributed by atoms with Gasteiger partial charge in [0.15, 0.2) is 5.69 Å². The van der Waals surface area contributed by atoms with Crippen molar-refractivity contribution in [2.24, 2.45) is 0 Å². The molecule has 9 heteroatoms. The summed E-state index contributed by atoms with van der Waals surface area (Å²) in [6.45, 7) is 4.17. The number of unbranched alkanes of at least 4 members (excludes halogenated alkanes) is 1. The van der Waals surface area contributed by atoms with E-state index >= 15 is 0 Å². The molecule has 1 amide bonds. The van der Waals surface area contributed by atoms with Crippen molar-refractivity contribution in [3.8, 4) is 0 Å². The number of benzene rings is 1. The van der Waals surface area contributed by atoms with Crippen molar-refractivity contribution in [3.63, 3.8) is 0 Å². The van der Waals surface area contributed by atoms with Crippen molar-refractivity contribution in [1.29, 1.82) is 0 Å². The molecule has 1 unspecified atom stereocenters. The molecule has 1 atom stereocenters. The molecule has 0 radical (unpaired) electrons. The quantitative estimate of drug-likeness (QED) is 0.588. The van der Waals surface area contributed by atoms with Crippen LogP contribution in [-0.4, -0.2) is 25.2 Å². The Morgan fingerprint density at radius 1 is 1.23 bits per heavy atom. The zero-order chi connectivity index (χ0) is 21.7. The number of aromatic amines is 1. The molecule has 0 saturated heterocycles. The zero-order valence-corrected chi connectivity index (χ0v) is 17.1. The summed E-state index contributed by atoms with van der Waals surface area (Å²) in [5.74, 6) is -0.380. The average molecular weight is 410 g/mol. The minimum Gasteiger partial charge on any atom is -0.383 e. The lowest BCUT2D eigenvalue weighted by Crippen LogP contribution is -2.43. The highest BCUT2D eigenvalue weighted by molar-refractivity contribution is 5.97. The fourth-order valence-corrected chi connectivity index (χ4v) is 3.26. The molecule has 9 nitrogen and oxygen atoms in total. The van der Waals surface area contributed by atoms with E-state index in [2.05, 4.69) is 10.1 Å². The van der Waals surface area contributed by atoms with Gasteiger partial charge in [0.05, 0.1) is 6.54 Å². The molecule has 0 aliphatic carbocycles. The Labute approximate surface area is 173 Å². The number of amides is 1. The topological polar surface area (TPSA) is 119 Å². The number of carbonyl (C=O) groups is 1. The van der Waals surface area contributed by atoms with Gasteiger partial charge in [0, 0.05) is 18.9 Å². The van der Waals surface area contributed by atoms with Crippen LogP contribution < -0.4 is 21.9 Å². The number of hydrogen-bond donors (Lipinski definition) is 2. The lowest BCUT2D eigenvalue weighted by molar-refractivity contribution is -0.121. The molecule has 0 spiro atoms. The van der Waals surface area contributed by atoms with Gasteiger partial charge in [-0.25, -0.2) is 4.79 Å². The number of H-pyrrole nitrogens is 1. The smallest absolute Gasteiger partial charge is 0.330 e. The number of anilines is 2. The Hall–Kier alpha value is -3.62. The Bertz CT molecular complexity index is 1100. The van der Waals surface area contributed by atoms with Crippen LogP contribution in [0.3, 0.4) is 0 Å². The highest BCUT2D eigenvalue weighted by Gasteiger charge is 2.29. The first-order valence-corrected chi connectivity index (χ1v) is 9.91. The molecule has 30 heavy (non-hydrogen) atoms. The van der Waals surface area contributed by atoms with Crippen LogP contribution in [0.5, 0.6) is 0 Å². The Morgan fingerprint density at radius 2 is 1.97 bits per heavy atom. The number of aromatic nitrogens is 4. The van der Waals surface area contributed by atoms with E-state index in [1.54, 1.807) is 25.4 Å². The van der Waals surface area contributed by atoms with Crippen LogP contribution in [0.1, 0.15) is 38.3 Å². The van der Waals surface area contributed by atoms with Crippen LogP contribution >= 0.6 is 0 Å². The molecule has 3 rings (SSSR count). The Kier molecular flexibility index (Phi) is 6.51. The van der Waals surface area contributed by atoms with Crippen molar-refractivity contribution < 1.29 is 4.79 Å². The minimum atomic E-state index is -0.692. The highest BCUT2D eigenvalue weighted by Crippen LogP contribution is 2.23. The second-order valence-corrected chi connectivity index (χ2v) is 7.07. The van der Waals surface area contributed by atoms with Crippen molar-refractivity contribution in [3.05, 3.63) is 75.2 Å². The second-order valence-electron chi connectivity index (χ2n) is 7.07. The number of nitrogens with one attached hydrogen (secondary N) is 1. The molecule has 0 fully saturated rings. The van der Waals surface area contributed by atoms with Crippen LogP contribution in [-0.2, 0) is 17.9 Å². The van der Waals surface area contributed by atoms with Crippen LogP contribution in [0.2, 0.25) is 0 Å². The van der Waals surface area contributed by atoms with Crippen molar-refractivity contribution in [2.45, 2.75) is 45.8 Å². The van der Waals surface area contributed by atoms with E-state index in [1.165, 1.54) is 14.1 Å². The first-order valence-electron chi connectivity index (χ1n) is 9.91. The van der Waals surface area contributed by atoms with Gasteiger partial charge in [-0.1, -0.05) is 43.7 Å². The average Bonchev–Trinajstić information content (AvgIpc) is 3.27. The van der Waals surface area contributed by atoms with E-state index in [0.29, 0.717) is 13.0 Å². The van der Waals surface area contributed by atoms with E-state index in [-0.39, 0.29) is 24.0 Å². The summed E-state index contributed by atoms with van der Waals surface area (Å²) in [6.07, 6.45) is 4.83. The second kappa shape index (κ2) is 9.25. The monoisotopic (exact) mass is 410 g/mol. The van der Waals surface area contributed by atoms with Gasteiger partial charge in [-0.15, -0.1) is 0 Å². The molecule has 3 aromatic rings. The maximum atomic E-state index is 13.4. The molecule has 0 aliphatic heterocycles. The van der Waals surface area contributed by atoms with Crippen LogP contribution in [0.15, 0.2) is 58.4 Å². The molecular formula is C21H26N6O3. The first kappa shape index (κ1) is 21.1. The zero-order valence-electron chi connectivity index (χ0n) is 17.1. The summed E-state index contributed by atoms with van der Waals surface area (Å²) in [5.41, 5.74) is 5.78. The fraction of sp³-hybridized carbons (Fsp3) is 0.333. The van der Waals surface area contributed by atoms with Gasteiger partial charge in [-0.05, 0) is 25.0 Å². The molecule has 0 bridgehead atoms. The Balaban J connectivity index is 2.11. The van der Waals surface area contributed by atoms with Crippen LogP contribution in [0.25, 0.3) is 0 Å². The number of rotatable bonds is 8. The van der Waals surface area contributed by atoms with E-state index < -0.39 is 17.3 Å². The normalized spacial score (nSPS) is 11.9. The van der Waals surface area contributed by atoms with E-state index in [4.69, 9.17) is 5.73 Å². The third-order valence-corrected chi connectivity index (χ3v) is 4.95. The number of carbonyl (C=O) groups excluding carboxylic acids is 1. The van der Waals surface area contributed by atoms with Gasteiger partial charge >= 0.3 is 5.69 Å². The summed E-state index contributed by atoms with van der Waals surface area (Å²) < 4.78 is 2.82. The summed E-state index contributed by atoms with van der Waals surface area (Å²) >= 11 is 0. The van der Waals surface area contributed by atoms with Gasteiger partial charge in [-0.2, -0.15) is 5.10 Å². The van der Waals surface area contributed by atoms with E-state index in [9.17, 15) is 14.4 Å². The van der Waals surface area contributed by atoms with Gasteiger partial charge in [0.1, 0.15) is 11.9 Å². The predicted octanol–water partition coefficient (Wildman–Crippen LogP) is 1.91. The number of nitrogens with zero attached hydrogens (tertiary/aromatic N) is 4. The summed E-state index contributed by atoms with van der Waals surface area (Å²) in [5, 5.41) is 4.13. The fourth-order valence-electron chi connectivity index (χ4n) is 3.26. The summed E-state index contributed by atoms with van der Waals surface area (Å²) in [6, 6.07) is 10.3. The van der Waals surface area contributed by atoms with Gasteiger partial charge in [0.2, 0.25) is 0 Å². The SMILES string of the molecule is CCCCn1c(N)c(N(Cc2ccccc2)C(=O)C(C)n2cccn2)c(=O)[nH]c1=O. The lowest BCUT2D eigenvalue weighted by atomic mass is 10.1. The molecular weight excluding hydrogens is 384 g/mol. The summed E-state index contributed by atoms with van der Waals surface area (Å²) in [4.78, 5) is 42.1. The molecule has 3 N–H and O–H groups in total. The maximum Gasteiger partial charge on any atom is 0.330 e. The molecule has 2 heterocycles. The molecule has 158 valence electrons. The standard InChI is InChI=1S/C21H26N6O3/c1-3-4-12-25-18(22)17(19(28)24-21(25)30)26(14-16-9-6-5-7-10-16)20(29)15(2)27-13-8-11-23-27/h5-11,13,15H,3-4,12,14,22H2,1-2H3,(H,24,28,30). The van der Waals surface area contributed by atoms with Crippen molar-refractivity contribution >= 4 is 17.4 Å². The predicted molar refractivity (Wildman–Crippen MR) is 115 cm³/mol. The van der Waals surface area contributed by atoms with E-state index in [1.807, 2.05) is 37.3 Å². The minimum absolute atomic E-state index is 0.0193. The molecule has 0 aliphatic rings. The third-order valence-electron chi connectivity index (χ3n) is 4.95. The lowest BCUT2D eigenvalue weighted by Gasteiger charge is -2.27. The molecule has 2 aromatic heterocycles. The molecule has 0 saturated carbocycles. The van der Waals surface area contributed by atoms with E-state index in [0.717, 1.165) is 12.0 Å². The number of nitrogen functional groups attached to an aromatic ring is 1. The number of hydrogen-bond acceptors (Lipinski definition) is 5. The van der Waals surface area contributed by atoms with Gasteiger partial charge in [0.25, 0.3) is 11.5 Å². The maximum absolute atomic E-state index is 13.4. The van der Waals surface area contributed by atoms with Crippen molar-refractivity contribution in [1.82, 2.24) is 19.3 Å². The van der Waals surface area contributed by atoms with Crippen LogP contribution in [0.4, 0.5) is 11.5 Å². The Morgan fingerprint density at radius 3 is 2.60 bits per heavy atom. The third kappa shape index (κ3) is 4.35. The largest absolute Gasteiger partial charge is 0.383 e. The van der Waals surface area contributed by atoms with Gasteiger partial charge < -0.3 is 5.73 Å². The van der Waals surface area contributed by atoms with Crippen LogP contribution in [0, 0.1) is 0 Å². The number of nitrogens with two attached hydrogens (primary N) is 1. The first-order chi connectivity index (χ1) is 14.4.